The number of nitriles is 1. The molecule has 0 N–H and O–H groups in total. The van der Waals surface area contributed by atoms with E-state index < -0.39 is 0 Å². The third kappa shape index (κ3) is 3.77. The number of pyridine rings is 1. The number of hydrogen-bond donors (Lipinski definition) is 0. The van der Waals surface area contributed by atoms with Crippen molar-refractivity contribution in [3.05, 3.63) is 24.0 Å². The molecule has 1 aromatic rings. The van der Waals surface area contributed by atoms with Crippen molar-refractivity contribution < 1.29 is 0 Å². The molecule has 0 aliphatic heterocycles. The van der Waals surface area contributed by atoms with Gasteiger partial charge in [0.15, 0.2) is 0 Å². The van der Waals surface area contributed by atoms with Gasteiger partial charge >= 0.3 is 0 Å². The summed E-state index contributed by atoms with van der Waals surface area (Å²) >= 11 is 1.75. The van der Waals surface area contributed by atoms with E-state index in [0.717, 1.165) is 17.2 Å². The van der Waals surface area contributed by atoms with Crippen LogP contribution in [0.15, 0.2) is 23.2 Å². The molecule has 0 aliphatic carbocycles. The van der Waals surface area contributed by atoms with Gasteiger partial charge in [0.05, 0.1) is 0 Å². The summed E-state index contributed by atoms with van der Waals surface area (Å²) in [6.45, 7) is 1.04. The third-order valence-electron chi connectivity index (χ3n) is 1.65. The molecule has 0 saturated carbocycles. The van der Waals surface area contributed by atoms with Crippen LogP contribution in [0.3, 0.4) is 0 Å². The Hall–Kier alpha value is -1.05. The lowest BCUT2D eigenvalue weighted by atomic mass is 10.4. The van der Waals surface area contributed by atoms with Gasteiger partial charge in [-0.05, 0) is 26.2 Å². The Morgan fingerprint density at radius 2 is 2.36 bits per heavy atom. The zero-order valence-corrected chi connectivity index (χ0v) is 9.21. The van der Waals surface area contributed by atoms with Crippen molar-refractivity contribution in [1.29, 1.82) is 5.26 Å². The summed E-state index contributed by atoms with van der Waals surface area (Å²) in [5.74, 6) is 1.03. The molecule has 74 valence electrons. The van der Waals surface area contributed by atoms with Crippen LogP contribution in [0.25, 0.3) is 0 Å². The van der Waals surface area contributed by atoms with Crippen LogP contribution in [0.1, 0.15) is 5.69 Å². The lowest BCUT2D eigenvalue weighted by Gasteiger charge is -2.08. The van der Waals surface area contributed by atoms with Crippen LogP contribution < -0.4 is 0 Å². The van der Waals surface area contributed by atoms with Crippen LogP contribution in [0.5, 0.6) is 0 Å². The summed E-state index contributed by atoms with van der Waals surface area (Å²) in [6.07, 6.45) is 1.68. The van der Waals surface area contributed by atoms with Gasteiger partial charge in [-0.15, -0.1) is 11.8 Å². The minimum absolute atomic E-state index is 0.486. The van der Waals surface area contributed by atoms with Crippen molar-refractivity contribution in [2.75, 3.05) is 26.4 Å². The van der Waals surface area contributed by atoms with E-state index in [1.54, 1.807) is 18.0 Å². The second kappa shape index (κ2) is 5.63. The van der Waals surface area contributed by atoms with Crippen molar-refractivity contribution >= 4 is 11.8 Å². The van der Waals surface area contributed by atoms with E-state index in [2.05, 4.69) is 9.88 Å². The highest BCUT2D eigenvalue weighted by Gasteiger charge is 1.97. The first kappa shape index (κ1) is 11.0. The van der Waals surface area contributed by atoms with Crippen molar-refractivity contribution in [2.24, 2.45) is 0 Å². The van der Waals surface area contributed by atoms with E-state index in [0.29, 0.717) is 5.69 Å². The quantitative estimate of drug-likeness (QED) is 0.703. The van der Waals surface area contributed by atoms with E-state index in [1.807, 2.05) is 32.3 Å². The van der Waals surface area contributed by atoms with Gasteiger partial charge < -0.3 is 4.90 Å². The molecule has 4 heteroatoms. The van der Waals surface area contributed by atoms with E-state index in [-0.39, 0.29) is 0 Å². The molecule has 1 rings (SSSR count). The fourth-order valence-corrected chi connectivity index (χ4v) is 1.95. The fourth-order valence-electron chi connectivity index (χ4n) is 0.908. The summed E-state index contributed by atoms with van der Waals surface area (Å²) in [5.41, 5.74) is 0.486. The average molecular weight is 207 g/mol. The van der Waals surface area contributed by atoms with Gasteiger partial charge in [-0.3, -0.25) is 0 Å². The monoisotopic (exact) mass is 207 g/mol. The maximum Gasteiger partial charge on any atom is 0.141 e. The van der Waals surface area contributed by atoms with Crippen LogP contribution in [-0.4, -0.2) is 36.3 Å². The summed E-state index contributed by atoms with van der Waals surface area (Å²) in [7, 11) is 4.10. The Morgan fingerprint density at radius 1 is 1.57 bits per heavy atom. The standard InChI is InChI=1S/C10H13N3S/c1-13(2)5-6-14-10-3-4-12-9(7-10)8-11/h3-4,7H,5-6H2,1-2H3. The Morgan fingerprint density at radius 3 is 3.00 bits per heavy atom. The topological polar surface area (TPSA) is 39.9 Å². The van der Waals surface area contributed by atoms with Gasteiger partial charge in [0, 0.05) is 23.4 Å². The maximum absolute atomic E-state index is 8.65. The van der Waals surface area contributed by atoms with E-state index in [1.165, 1.54) is 0 Å². The van der Waals surface area contributed by atoms with Gasteiger partial charge in [-0.2, -0.15) is 5.26 Å². The number of rotatable bonds is 4. The first-order chi connectivity index (χ1) is 6.72. The minimum atomic E-state index is 0.486. The molecule has 3 nitrogen and oxygen atoms in total. The van der Waals surface area contributed by atoms with E-state index in [9.17, 15) is 0 Å². The second-order valence-corrected chi connectivity index (χ2v) is 4.31. The molecule has 0 saturated heterocycles. The maximum atomic E-state index is 8.65. The van der Waals surface area contributed by atoms with Gasteiger partial charge in [0.1, 0.15) is 11.8 Å². The summed E-state index contributed by atoms with van der Waals surface area (Å²) in [5, 5.41) is 8.65. The highest BCUT2D eigenvalue weighted by atomic mass is 32.2. The van der Waals surface area contributed by atoms with E-state index in [4.69, 9.17) is 5.26 Å². The van der Waals surface area contributed by atoms with E-state index >= 15 is 0 Å². The molecule has 0 spiro atoms. The molecular formula is C10H13N3S. The van der Waals surface area contributed by atoms with Crippen molar-refractivity contribution in [3.8, 4) is 6.07 Å². The van der Waals surface area contributed by atoms with Gasteiger partial charge in [-0.1, -0.05) is 0 Å². The second-order valence-electron chi connectivity index (χ2n) is 3.14. The number of thioether (sulfide) groups is 1. The fraction of sp³-hybridized carbons (Fsp3) is 0.400. The largest absolute Gasteiger partial charge is 0.309 e. The Bertz CT molecular complexity index is 330. The van der Waals surface area contributed by atoms with Crippen LogP contribution in [-0.2, 0) is 0 Å². The smallest absolute Gasteiger partial charge is 0.141 e. The number of nitrogens with zero attached hydrogens (tertiary/aromatic N) is 3. The van der Waals surface area contributed by atoms with Crippen molar-refractivity contribution in [1.82, 2.24) is 9.88 Å². The average Bonchev–Trinajstić information content (AvgIpc) is 2.18. The zero-order valence-electron chi connectivity index (χ0n) is 8.40. The van der Waals surface area contributed by atoms with Crippen molar-refractivity contribution in [2.45, 2.75) is 4.90 Å². The normalized spacial score (nSPS) is 10.1. The molecule has 0 radical (unpaired) electrons. The summed E-state index contributed by atoms with van der Waals surface area (Å²) in [4.78, 5) is 7.16. The summed E-state index contributed by atoms with van der Waals surface area (Å²) in [6, 6.07) is 5.78. The predicted molar refractivity (Wildman–Crippen MR) is 58.2 cm³/mol. The van der Waals surface area contributed by atoms with Gasteiger partial charge in [0.25, 0.3) is 0 Å². The minimum Gasteiger partial charge on any atom is -0.309 e. The molecule has 0 aliphatic rings. The highest BCUT2D eigenvalue weighted by Crippen LogP contribution is 2.17. The first-order valence-corrected chi connectivity index (χ1v) is 5.34. The third-order valence-corrected chi connectivity index (χ3v) is 2.63. The van der Waals surface area contributed by atoms with Crippen LogP contribution in [0.4, 0.5) is 0 Å². The first-order valence-electron chi connectivity index (χ1n) is 4.36. The molecule has 0 fully saturated rings. The zero-order chi connectivity index (χ0) is 10.4. The molecule has 14 heavy (non-hydrogen) atoms. The highest BCUT2D eigenvalue weighted by molar-refractivity contribution is 7.99. The molecule has 1 heterocycles. The van der Waals surface area contributed by atoms with Crippen molar-refractivity contribution in [3.63, 3.8) is 0 Å². The summed E-state index contributed by atoms with van der Waals surface area (Å²) < 4.78 is 0. The number of aromatic nitrogens is 1. The lowest BCUT2D eigenvalue weighted by molar-refractivity contribution is 0.437. The molecule has 0 unspecified atom stereocenters. The van der Waals surface area contributed by atoms with Crippen LogP contribution in [0, 0.1) is 11.3 Å². The van der Waals surface area contributed by atoms with Gasteiger partial charge in [0.2, 0.25) is 0 Å². The van der Waals surface area contributed by atoms with Gasteiger partial charge in [-0.25, -0.2) is 4.98 Å². The molecular weight excluding hydrogens is 194 g/mol. The Labute approximate surface area is 88.8 Å². The lowest BCUT2D eigenvalue weighted by Crippen LogP contribution is -2.14. The molecule has 1 aromatic heterocycles. The molecule has 0 aromatic carbocycles. The molecule has 0 bridgehead atoms. The molecule has 0 amide bonds. The Kier molecular flexibility index (Phi) is 4.44. The molecule has 0 atom stereocenters. The SMILES string of the molecule is CN(C)CCSc1ccnc(C#N)c1. The van der Waals surface area contributed by atoms with Crippen LogP contribution >= 0.6 is 11.8 Å². The Balaban J connectivity index is 2.47. The predicted octanol–water partition coefficient (Wildman–Crippen LogP) is 1.61. The number of hydrogen-bond acceptors (Lipinski definition) is 4. The van der Waals surface area contributed by atoms with Crippen LogP contribution in [0.2, 0.25) is 0 Å².